The minimum Gasteiger partial charge on any atom is -0.464 e. The number of pyridine rings is 1. The van der Waals surface area contributed by atoms with E-state index in [4.69, 9.17) is 24.2 Å². The third-order valence-electron chi connectivity index (χ3n) is 15.7. The van der Waals surface area contributed by atoms with Crippen molar-refractivity contribution >= 4 is 51.8 Å². The molecule has 18 heteroatoms. The minimum absolute atomic E-state index is 0.0751. The molecular weight excluding hydrogens is 923 g/mol. The highest BCUT2D eigenvalue weighted by atomic mass is 32.1. The third kappa shape index (κ3) is 8.81. The number of rotatable bonds is 7. The van der Waals surface area contributed by atoms with Crippen LogP contribution < -0.4 is 5.43 Å². The standard InChI is InChI=1S/C53H65N9O8S/c1-8-60-39-16-15-33-26-36(39)42-43(47(68-7)44-35(46(42)60)12-9-18-54-44)52(4,5)31-70-50(66)37-13-10-20-62(56-37)51(67)53(27-40-55-38(33)29-71-40)30-61(53)49(65)45(32(2)3)57(6)48(64)34-17-21-59(28-34)41(63)14-11-19-58-22-24-69-25-23-58/h9,12,15-16,18,26,29,32,34,37,43,45,47,56H,8,10,13,17,19-25,27-28,30-31H2,1-7H3/t34-,37-,43?,45-,47-,53+,61?/m0/s1. The van der Waals surface area contributed by atoms with Crippen molar-refractivity contribution in [3.05, 3.63) is 58.2 Å². The number of aromatic nitrogens is 3. The van der Waals surface area contributed by atoms with Gasteiger partial charge in [0.2, 0.25) is 11.8 Å². The van der Waals surface area contributed by atoms with Crippen LogP contribution in [0.25, 0.3) is 33.4 Å². The van der Waals surface area contributed by atoms with Crippen molar-refractivity contribution in [3.63, 3.8) is 0 Å². The molecule has 1 N–H and O–H groups in total. The Labute approximate surface area is 419 Å². The normalized spacial score (nSPS) is 25.6. The zero-order chi connectivity index (χ0) is 49.9. The van der Waals surface area contributed by atoms with Gasteiger partial charge in [-0.05, 0) is 67.9 Å². The van der Waals surface area contributed by atoms with Gasteiger partial charge in [-0.25, -0.2) is 10.4 Å². The predicted molar refractivity (Wildman–Crippen MR) is 266 cm³/mol. The molecule has 4 amide bonds. The zero-order valence-electron chi connectivity index (χ0n) is 41.9. The summed E-state index contributed by atoms with van der Waals surface area (Å²) < 4.78 is 20.4. The Bertz CT molecular complexity index is 2820. The number of fused-ring (bicyclic) bond motifs is 8. The molecule has 4 saturated heterocycles. The van der Waals surface area contributed by atoms with Gasteiger partial charge in [0.05, 0.1) is 60.9 Å². The number of nitrogens with one attached hydrogen (secondary N) is 1. The van der Waals surface area contributed by atoms with E-state index in [-0.39, 0.29) is 61.6 Å². The molecule has 6 atom stereocenters. The Morgan fingerprint density at radius 2 is 1.89 bits per heavy atom. The lowest BCUT2D eigenvalue weighted by Crippen LogP contribution is -2.60. The second kappa shape index (κ2) is 19.4. The van der Waals surface area contributed by atoms with E-state index in [1.165, 1.54) is 21.2 Å². The van der Waals surface area contributed by atoms with Crippen LogP contribution in [-0.4, -0.2) is 166 Å². The van der Waals surface area contributed by atoms with E-state index < -0.39 is 41.0 Å². The first-order chi connectivity index (χ1) is 34.1. The first-order valence-corrected chi connectivity index (χ1v) is 26.0. The zero-order valence-corrected chi connectivity index (χ0v) is 42.7. The van der Waals surface area contributed by atoms with E-state index in [1.54, 1.807) is 30.2 Å². The number of benzene rings is 1. The first-order valence-electron chi connectivity index (χ1n) is 25.2. The number of thiazole rings is 1. The van der Waals surface area contributed by atoms with Crippen LogP contribution >= 0.6 is 11.3 Å². The number of amides is 4. The van der Waals surface area contributed by atoms with Gasteiger partial charge in [-0.3, -0.25) is 38.9 Å². The maximum atomic E-state index is 15.1. The Morgan fingerprint density at radius 3 is 2.65 bits per heavy atom. The molecule has 71 heavy (non-hydrogen) atoms. The highest BCUT2D eigenvalue weighted by Gasteiger charge is 2.64. The molecule has 376 valence electrons. The second-order valence-electron chi connectivity index (χ2n) is 21.0. The number of likely N-dealkylation sites (N-methyl/N-ethyl adjacent to an activating group) is 1. The van der Waals surface area contributed by atoms with E-state index in [1.807, 2.05) is 25.3 Å². The Hall–Kier alpha value is -5.71. The van der Waals surface area contributed by atoms with Crippen LogP contribution in [0, 0.1) is 29.1 Å². The number of aryl methyl sites for hydroxylation is 1. The summed E-state index contributed by atoms with van der Waals surface area (Å²) in [5, 5.41) is 5.23. The molecule has 3 aromatic heterocycles. The molecule has 6 aliphatic rings. The first kappa shape index (κ1) is 48.9. The molecule has 1 aliphatic carbocycles. The topological polar surface area (TPSA) is 172 Å². The van der Waals surface area contributed by atoms with Crippen LogP contribution in [0.5, 0.6) is 0 Å². The molecule has 6 bridgehead atoms. The maximum absolute atomic E-state index is 15.1. The average molecular weight is 988 g/mol. The van der Waals surface area contributed by atoms with E-state index in [0.717, 1.165) is 57.8 Å². The lowest BCUT2D eigenvalue weighted by Gasteiger charge is -2.42. The number of carbonyl (C=O) groups excluding carboxylic acids is 5. The van der Waals surface area contributed by atoms with Crippen LogP contribution in [0.15, 0.2) is 41.9 Å². The molecule has 8 heterocycles. The molecule has 10 rings (SSSR count). The number of esters is 1. The third-order valence-corrected chi connectivity index (χ3v) is 16.5. The van der Waals surface area contributed by atoms with Crippen LogP contribution in [0.1, 0.15) is 82.2 Å². The summed E-state index contributed by atoms with van der Waals surface area (Å²) in [4.78, 5) is 88.7. The molecule has 4 fully saturated rings. The van der Waals surface area contributed by atoms with Gasteiger partial charge < -0.3 is 33.5 Å². The monoisotopic (exact) mass is 987 g/mol. The molecule has 1 unspecified atom stereocenters. The Kier molecular flexibility index (Phi) is 13.3. The quantitative estimate of drug-likeness (QED) is 0.157. The summed E-state index contributed by atoms with van der Waals surface area (Å²) in [6.45, 7) is 15.3. The van der Waals surface area contributed by atoms with Crippen molar-refractivity contribution in [3.8, 4) is 34.4 Å². The molecule has 1 spiro atoms. The second-order valence-corrected chi connectivity index (χ2v) is 22.0. The van der Waals surface area contributed by atoms with E-state index >= 15 is 9.59 Å². The predicted octanol–water partition coefficient (Wildman–Crippen LogP) is 4.50. The number of carbonyl (C=O) groups is 5. The summed E-state index contributed by atoms with van der Waals surface area (Å²) in [5.74, 6) is 3.00. The van der Waals surface area contributed by atoms with Gasteiger partial charge in [0, 0.05) is 105 Å². The molecule has 4 aromatic rings. The lowest BCUT2D eigenvalue weighted by atomic mass is 9.67. The Balaban J connectivity index is 0.958. The number of nitrogens with zero attached hydrogens (tertiary/aromatic N) is 8. The summed E-state index contributed by atoms with van der Waals surface area (Å²) in [6, 6.07) is 8.80. The largest absolute Gasteiger partial charge is 0.464 e. The fraction of sp³-hybridized carbons (Fsp3) is 0.566. The number of methoxy groups -OCH3 is 1. The number of morpholine rings is 1. The summed E-state index contributed by atoms with van der Waals surface area (Å²) in [6.07, 6.45) is 2.96. The Morgan fingerprint density at radius 1 is 1.08 bits per heavy atom. The van der Waals surface area contributed by atoms with Crippen LogP contribution in [-0.2, 0) is 51.1 Å². The fourth-order valence-corrected chi connectivity index (χ4v) is 12.8. The van der Waals surface area contributed by atoms with Gasteiger partial charge in [0.15, 0.2) is 0 Å². The molecule has 5 aliphatic heterocycles. The van der Waals surface area contributed by atoms with Gasteiger partial charge in [0.25, 0.3) is 11.8 Å². The van der Waals surface area contributed by atoms with Crippen molar-refractivity contribution < 1.29 is 38.2 Å². The minimum atomic E-state index is -1.32. The molecular formula is C53H65N9O8S. The summed E-state index contributed by atoms with van der Waals surface area (Å²) in [5.41, 5.74) is 8.01. The highest BCUT2D eigenvalue weighted by Crippen LogP contribution is 2.57. The van der Waals surface area contributed by atoms with Crippen molar-refractivity contribution in [2.45, 2.75) is 96.5 Å². The van der Waals surface area contributed by atoms with Crippen LogP contribution in [0.2, 0.25) is 0 Å². The van der Waals surface area contributed by atoms with Crippen LogP contribution in [0.3, 0.4) is 0 Å². The summed E-state index contributed by atoms with van der Waals surface area (Å²) >= 11 is 1.44. The van der Waals surface area contributed by atoms with Gasteiger partial charge in [-0.1, -0.05) is 39.7 Å². The smallest absolute Gasteiger partial charge is 0.324 e. The SMILES string of the molecule is CCn1c2c3c4cc(ccc41)-c1csc(n1)C[C@@]1(CN1C(=O)[C@H](C(C)C)N(C)C(=O)[C@H]1CCN(C(=O)C#CCN4CCOCC4)C1)C(=O)N1CCC[C@H](N1)C(=O)OCC(C)(C)C3[C@H](OC)c1ncccc1-2. The van der Waals surface area contributed by atoms with Gasteiger partial charge in [-0.2, -0.15) is 0 Å². The average Bonchev–Trinajstić information content (AvgIpc) is 3.68. The van der Waals surface area contributed by atoms with Crippen molar-refractivity contribution in [2.75, 3.05) is 79.8 Å². The summed E-state index contributed by atoms with van der Waals surface area (Å²) in [7, 11) is 3.36. The molecule has 0 saturated carbocycles. The maximum Gasteiger partial charge on any atom is 0.324 e. The number of hydrogen-bond donors (Lipinski definition) is 1. The van der Waals surface area contributed by atoms with E-state index in [9.17, 15) is 14.4 Å². The van der Waals surface area contributed by atoms with E-state index in [0.29, 0.717) is 63.7 Å². The molecule has 1 aromatic carbocycles. The van der Waals surface area contributed by atoms with Gasteiger partial charge >= 0.3 is 5.97 Å². The van der Waals surface area contributed by atoms with Gasteiger partial charge in [0.1, 0.15) is 23.7 Å². The number of hydrogen-bond acceptors (Lipinski definition) is 13. The molecule has 0 radical (unpaired) electrons. The van der Waals surface area contributed by atoms with Crippen molar-refractivity contribution in [2.24, 2.45) is 17.3 Å². The van der Waals surface area contributed by atoms with Crippen molar-refractivity contribution in [1.29, 1.82) is 0 Å². The molecule has 17 nitrogen and oxygen atoms in total. The number of hydrazine groups is 1. The number of cyclic esters (lactones) is 1. The lowest BCUT2D eigenvalue weighted by molar-refractivity contribution is -0.157. The number of ether oxygens (including phenoxy) is 3. The fourth-order valence-electron chi connectivity index (χ4n) is 11.9. The van der Waals surface area contributed by atoms with Crippen LogP contribution in [0.4, 0.5) is 0 Å². The van der Waals surface area contributed by atoms with Crippen molar-refractivity contribution in [1.82, 2.24) is 44.6 Å². The van der Waals surface area contributed by atoms with E-state index in [2.05, 4.69) is 71.8 Å². The van der Waals surface area contributed by atoms with Gasteiger partial charge in [-0.15, -0.1) is 11.3 Å². The highest BCUT2D eigenvalue weighted by molar-refractivity contribution is 7.10. The number of likely N-dealkylation sites (tertiary alicyclic amines) is 1.